The highest BCUT2D eigenvalue weighted by molar-refractivity contribution is 5.90. The maximum atomic E-state index is 11.7. The number of amides is 1. The first-order valence-corrected chi connectivity index (χ1v) is 5.87. The first kappa shape index (κ1) is 12.3. The molecule has 5 heteroatoms. The van der Waals surface area contributed by atoms with E-state index in [9.17, 15) is 4.79 Å². The van der Waals surface area contributed by atoms with Crippen LogP contribution in [0.4, 0.5) is 0 Å². The molecule has 0 spiro atoms. The summed E-state index contributed by atoms with van der Waals surface area (Å²) in [6.07, 6.45) is 2.12. The Balaban J connectivity index is 1.95. The Bertz CT molecular complexity index is 522. The summed E-state index contributed by atoms with van der Waals surface area (Å²) in [5.74, 6) is 0.0141. The number of benzene rings is 1. The van der Waals surface area contributed by atoms with Gasteiger partial charge >= 0.3 is 0 Å². The van der Waals surface area contributed by atoms with Crippen molar-refractivity contribution in [1.29, 1.82) is 0 Å². The Hall–Kier alpha value is -2.17. The van der Waals surface area contributed by atoms with Gasteiger partial charge in [-0.25, -0.2) is 4.98 Å². The summed E-state index contributed by atoms with van der Waals surface area (Å²) in [5.41, 5.74) is 2.47. The van der Waals surface area contributed by atoms with Gasteiger partial charge in [0.1, 0.15) is 6.33 Å². The standard InChI is InChI=1S/C13H16N4O/c1-9-5-3-4-6-11(9)7-10(2)16-13(18)12-14-8-15-17-12/h3-6,8,10H,7H2,1-2H3,(H,16,18)(H,14,15,17). The molecule has 2 rings (SSSR count). The van der Waals surface area contributed by atoms with Crippen molar-refractivity contribution in [3.05, 3.63) is 47.5 Å². The molecular weight excluding hydrogens is 228 g/mol. The molecule has 1 aromatic heterocycles. The van der Waals surface area contributed by atoms with E-state index in [4.69, 9.17) is 0 Å². The molecule has 0 aliphatic heterocycles. The largest absolute Gasteiger partial charge is 0.347 e. The fourth-order valence-electron chi connectivity index (χ4n) is 1.83. The van der Waals surface area contributed by atoms with Crippen LogP contribution in [-0.2, 0) is 6.42 Å². The molecule has 0 aliphatic carbocycles. The lowest BCUT2D eigenvalue weighted by Crippen LogP contribution is -2.34. The second-order valence-electron chi connectivity index (χ2n) is 4.34. The summed E-state index contributed by atoms with van der Waals surface area (Å²) in [6.45, 7) is 4.04. The monoisotopic (exact) mass is 244 g/mol. The maximum absolute atomic E-state index is 11.7. The van der Waals surface area contributed by atoms with Gasteiger partial charge in [-0.15, -0.1) is 0 Å². The topological polar surface area (TPSA) is 70.7 Å². The number of rotatable bonds is 4. The van der Waals surface area contributed by atoms with Gasteiger partial charge in [0.25, 0.3) is 5.91 Å². The van der Waals surface area contributed by atoms with E-state index < -0.39 is 0 Å². The molecule has 0 saturated carbocycles. The highest BCUT2D eigenvalue weighted by atomic mass is 16.2. The Morgan fingerprint density at radius 1 is 1.44 bits per heavy atom. The van der Waals surface area contributed by atoms with Crippen LogP contribution in [0.3, 0.4) is 0 Å². The molecule has 94 valence electrons. The zero-order valence-electron chi connectivity index (χ0n) is 10.5. The molecule has 2 N–H and O–H groups in total. The maximum Gasteiger partial charge on any atom is 0.288 e. The zero-order chi connectivity index (χ0) is 13.0. The van der Waals surface area contributed by atoms with Gasteiger partial charge in [-0.2, -0.15) is 5.10 Å². The van der Waals surface area contributed by atoms with E-state index in [2.05, 4.69) is 39.6 Å². The number of hydrogen-bond donors (Lipinski definition) is 2. The van der Waals surface area contributed by atoms with Crippen LogP contribution in [0.1, 0.15) is 28.7 Å². The molecule has 1 unspecified atom stereocenters. The molecule has 1 heterocycles. The number of H-pyrrole nitrogens is 1. The van der Waals surface area contributed by atoms with Gasteiger partial charge in [0.15, 0.2) is 0 Å². The third-order valence-corrected chi connectivity index (χ3v) is 2.79. The summed E-state index contributed by atoms with van der Waals surface area (Å²) >= 11 is 0. The number of carbonyl (C=O) groups is 1. The highest BCUT2D eigenvalue weighted by Gasteiger charge is 2.12. The summed E-state index contributed by atoms with van der Waals surface area (Å²) in [7, 11) is 0. The van der Waals surface area contributed by atoms with Gasteiger partial charge in [0, 0.05) is 6.04 Å². The summed E-state index contributed by atoms with van der Waals surface area (Å²) < 4.78 is 0. The van der Waals surface area contributed by atoms with Crippen molar-refractivity contribution in [3.8, 4) is 0 Å². The SMILES string of the molecule is Cc1ccccc1CC(C)NC(=O)c1ncn[nH]1. The normalized spacial score (nSPS) is 12.1. The lowest BCUT2D eigenvalue weighted by molar-refractivity contribution is 0.0930. The van der Waals surface area contributed by atoms with Crippen molar-refractivity contribution in [2.45, 2.75) is 26.3 Å². The zero-order valence-corrected chi connectivity index (χ0v) is 10.5. The molecule has 0 bridgehead atoms. The van der Waals surface area contributed by atoms with E-state index >= 15 is 0 Å². The van der Waals surface area contributed by atoms with Crippen LogP contribution >= 0.6 is 0 Å². The predicted molar refractivity (Wildman–Crippen MR) is 68.2 cm³/mol. The second kappa shape index (κ2) is 5.44. The van der Waals surface area contributed by atoms with Crippen molar-refractivity contribution in [3.63, 3.8) is 0 Å². The number of aromatic nitrogens is 3. The molecule has 18 heavy (non-hydrogen) atoms. The molecular formula is C13H16N4O. The summed E-state index contributed by atoms with van der Waals surface area (Å²) in [4.78, 5) is 15.6. The average Bonchev–Trinajstić information content (AvgIpc) is 2.85. The number of nitrogens with one attached hydrogen (secondary N) is 2. The smallest absolute Gasteiger partial charge is 0.288 e. The second-order valence-corrected chi connectivity index (χ2v) is 4.34. The number of hydrogen-bond acceptors (Lipinski definition) is 3. The van der Waals surface area contributed by atoms with E-state index in [1.54, 1.807) is 0 Å². The van der Waals surface area contributed by atoms with Crippen LogP contribution in [0.2, 0.25) is 0 Å². The molecule has 1 aromatic carbocycles. The van der Waals surface area contributed by atoms with Crippen LogP contribution < -0.4 is 5.32 Å². The van der Waals surface area contributed by atoms with Crippen LogP contribution in [0.25, 0.3) is 0 Å². The number of aryl methyl sites for hydroxylation is 1. The molecule has 0 saturated heterocycles. The van der Waals surface area contributed by atoms with Gasteiger partial charge in [-0.3, -0.25) is 9.89 Å². The van der Waals surface area contributed by atoms with E-state index in [1.807, 2.05) is 19.1 Å². The minimum atomic E-state index is -0.228. The Morgan fingerprint density at radius 2 is 2.22 bits per heavy atom. The first-order chi connectivity index (χ1) is 8.66. The van der Waals surface area contributed by atoms with E-state index in [0.717, 1.165) is 6.42 Å². The number of carbonyl (C=O) groups excluding carboxylic acids is 1. The van der Waals surface area contributed by atoms with Crippen LogP contribution in [0.5, 0.6) is 0 Å². The van der Waals surface area contributed by atoms with Crippen LogP contribution in [-0.4, -0.2) is 27.1 Å². The number of nitrogens with zero attached hydrogens (tertiary/aromatic N) is 2. The lowest BCUT2D eigenvalue weighted by atomic mass is 10.0. The highest BCUT2D eigenvalue weighted by Crippen LogP contribution is 2.09. The molecule has 5 nitrogen and oxygen atoms in total. The van der Waals surface area contributed by atoms with Crippen LogP contribution in [0.15, 0.2) is 30.6 Å². The van der Waals surface area contributed by atoms with Gasteiger partial charge in [0.2, 0.25) is 5.82 Å². The fraction of sp³-hybridized carbons (Fsp3) is 0.308. The minimum absolute atomic E-state index is 0.0451. The average molecular weight is 244 g/mol. The van der Waals surface area contributed by atoms with Gasteiger partial charge < -0.3 is 5.32 Å². The first-order valence-electron chi connectivity index (χ1n) is 5.87. The molecule has 1 atom stereocenters. The third kappa shape index (κ3) is 2.94. The van der Waals surface area contributed by atoms with Crippen molar-refractivity contribution in [2.24, 2.45) is 0 Å². The molecule has 0 fully saturated rings. The Kier molecular flexibility index (Phi) is 3.72. The molecule has 1 amide bonds. The van der Waals surface area contributed by atoms with Crippen molar-refractivity contribution in [1.82, 2.24) is 20.5 Å². The number of aromatic amines is 1. The Morgan fingerprint density at radius 3 is 2.89 bits per heavy atom. The third-order valence-electron chi connectivity index (χ3n) is 2.79. The van der Waals surface area contributed by atoms with Gasteiger partial charge in [-0.1, -0.05) is 24.3 Å². The van der Waals surface area contributed by atoms with E-state index in [0.29, 0.717) is 0 Å². The lowest BCUT2D eigenvalue weighted by Gasteiger charge is -2.14. The quantitative estimate of drug-likeness (QED) is 0.855. The van der Waals surface area contributed by atoms with Gasteiger partial charge in [-0.05, 0) is 31.4 Å². The summed E-state index contributed by atoms with van der Waals surface area (Å²) in [5, 5.41) is 9.08. The summed E-state index contributed by atoms with van der Waals surface area (Å²) in [6, 6.07) is 8.21. The minimum Gasteiger partial charge on any atom is -0.347 e. The van der Waals surface area contributed by atoms with Crippen molar-refractivity contribution in [2.75, 3.05) is 0 Å². The van der Waals surface area contributed by atoms with E-state index in [1.165, 1.54) is 17.5 Å². The molecule has 0 aliphatic rings. The van der Waals surface area contributed by atoms with Crippen molar-refractivity contribution < 1.29 is 4.79 Å². The molecule has 0 radical (unpaired) electrons. The van der Waals surface area contributed by atoms with Crippen LogP contribution in [0, 0.1) is 6.92 Å². The Labute approximate surface area is 106 Å². The fourth-order valence-corrected chi connectivity index (χ4v) is 1.83. The predicted octanol–water partition coefficient (Wildman–Crippen LogP) is 1.47. The van der Waals surface area contributed by atoms with Gasteiger partial charge in [0.05, 0.1) is 0 Å². The van der Waals surface area contributed by atoms with E-state index in [-0.39, 0.29) is 17.8 Å². The van der Waals surface area contributed by atoms with Crippen molar-refractivity contribution >= 4 is 5.91 Å². The molecule has 2 aromatic rings.